The molecule has 2 heterocycles. The Morgan fingerprint density at radius 3 is 2.38 bits per heavy atom. The molecule has 3 aromatic rings. The Kier molecular flexibility index (Phi) is 6.94. The fourth-order valence-electron chi connectivity index (χ4n) is 4.47. The number of rotatable bonds is 6. The maximum Gasteiger partial charge on any atom is 0.0741 e. The average molecular weight is 432 g/mol. The first kappa shape index (κ1) is 22.9. The van der Waals surface area contributed by atoms with Gasteiger partial charge in [-0.05, 0) is 54.6 Å². The number of aliphatic hydroxyl groups excluding tert-OH is 1. The number of pyridine rings is 1. The normalized spacial score (nSPS) is 17.0. The minimum atomic E-state index is -0.321. The second kappa shape index (κ2) is 9.70. The minimum absolute atomic E-state index is 0.102. The van der Waals surface area contributed by atoms with Crippen LogP contribution in [0.5, 0.6) is 0 Å². The third-order valence-electron chi connectivity index (χ3n) is 6.62. The van der Waals surface area contributed by atoms with Crippen LogP contribution in [0.25, 0.3) is 22.2 Å². The Balaban J connectivity index is 1.58. The van der Waals surface area contributed by atoms with Crippen LogP contribution < -0.4 is 0 Å². The second-order valence-electron chi connectivity index (χ2n) is 10.3. The molecule has 4 heteroatoms. The fraction of sp³-hybridized carbons (Fsp3) is 0.464. The standard InChI is InChI=1S/C28H37N3O/c1-28(2,3)24-11-13-26-23(19-24)18-22(27(29-26)21-8-6-5-7-9-21)10-12-25(32)20-31-16-14-30(4)15-17-31/h5-9,11,13,18-19,25,32H,10,12,14-17,20H2,1-4H3. The van der Waals surface area contributed by atoms with Gasteiger partial charge in [0.05, 0.1) is 17.3 Å². The van der Waals surface area contributed by atoms with Crippen LogP contribution in [0.15, 0.2) is 54.6 Å². The Labute approximate surface area is 192 Å². The highest BCUT2D eigenvalue weighted by Crippen LogP contribution is 2.30. The van der Waals surface area contributed by atoms with Gasteiger partial charge >= 0.3 is 0 Å². The zero-order chi connectivity index (χ0) is 22.7. The molecule has 1 saturated heterocycles. The van der Waals surface area contributed by atoms with Crippen molar-refractivity contribution in [1.82, 2.24) is 14.8 Å². The van der Waals surface area contributed by atoms with Gasteiger partial charge in [-0.3, -0.25) is 4.90 Å². The molecular formula is C28H37N3O. The first-order valence-corrected chi connectivity index (χ1v) is 11.9. The molecule has 1 unspecified atom stereocenters. The number of piperazine rings is 1. The van der Waals surface area contributed by atoms with E-state index in [0.29, 0.717) is 0 Å². The van der Waals surface area contributed by atoms with Crippen molar-refractivity contribution >= 4 is 10.9 Å². The summed E-state index contributed by atoms with van der Waals surface area (Å²) in [5.41, 5.74) is 5.84. The maximum absolute atomic E-state index is 10.8. The first-order chi connectivity index (χ1) is 15.3. The molecule has 0 spiro atoms. The van der Waals surface area contributed by atoms with Crippen LogP contribution in [0.4, 0.5) is 0 Å². The van der Waals surface area contributed by atoms with E-state index < -0.39 is 0 Å². The molecule has 1 aromatic heterocycles. The molecule has 0 saturated carbocycles. The molecule has 1 N–H and O–H groups in total. The van der Waals surface area contributed by atoms with Gasteiger partial charge < -0.3 is 10.0 Å². The van der Waals surface area contributed by atoms with E-state index in [1.807, 2.05) is 6.07 Å². The summed E-state index contributed by atoms with van der Waals surface area (Å²) in [5.74, 6) is 0. The zero-order valence-electron chi connectivity index (χ0n) is 20.0. The van der Waals surface area contributed by atoms with Gasteiger partial charge in [0.15, 0.2) is 0 Å². The molecule has 4 nitrogen and oxygen atoms in total. The molecule has 0 radical (unpaired) electrons. The summed E-state index contributed by atoms with van der Waals surface area (Å²) in [6.45, 7) is 11.7. The summed E-state index contributed by atoms with van der Waals surface area (Å²) >= 11 is 0. The molecule has 32 heavy (non-hydrogen) atoms. The number of hydrogen-bond acceptors (Lipinski definition) is 4. The summed E-state index contributed by atoms with van der Waals surface area (Å²) in [4.78, 5) is 9.81. The molecule has 4 rings (SSSR count). The molecule has 0 aliphatic carbocycles. The lowest BCUT2D eigenvalue weighted by molar-refractivity contribution is 0.0761. The van der Waals surface area contributed by atoms with Crippen LogP contribution in [0.2, 0.25) is 0 Å². The average Bonchev–Trinajstić information content (AvgIpc) is 2.78. The molecule has 170 valence electrons. The van der Waals surface area contributed by atoms with Gasteiger partial charge in [0.25, 0.3) is 0 Å². The molecule has 1 fully saturated rings. The van der Waals surface area contributed by atoms with Crippen molar-refractivity contribution in [2.24, 2.45) is 0 Å². The Hall–Kier alpha value is -2.27. The molecule has 2 aromatic carbocycles. The van der Waals surface area contributed by atoms with Crippen LogP contribution in [-0.4, -0.2) is 65.8 Å². The Morgan fingerprint density at radius 1 is 0.969 bits per heavy atom. The summed E-state index contributed by atoms with van der Waals surface area (Å²) in [6, 6.07) is 19.3. The number of hydrogen-bond donors (Lipinski definition) is 1. The van der Waals surface area contributed by atoms with Crippen molar-refractivity contribution in [2.45, 2.75) is 45.1 Å². The number of aromatic nitrogens is 1. The van der Waals surface area contributed by atoms with Crippen molar-refractivity contribution in [1.29, 1.82) is 0 Å². The first-order valence-electron chi connectivity index (χ1n) is 11.9. The highest BCUT2D eigenvalue weighted by molar-refractivity contribution is 5.84. The molecule has 1 aliphatic heterocycles. The van der Waals surface area contributed by atoms with Gasteiger partial charge in [-0.15, -0.1) is 0 Å². The van der Waals surface area contributed by atoms with Gasteiger partial charge in [0.1, 0.15) is 0 Å². The summed E-state index contributed by atoms with van der Waals surface area (Å²) < 4.78 is 0. The zero-order valence-corrected chi connectivity index (χ0v) is 20.0. The third-order valence-corrected chi connectivity index (χ3v) is 6.62. The Morgan fingerprint density at radius 2 is 1.69 bits per heavy atom. The van der Waals surface area contributed by atoms with Crippen molar-refractivity contribution in [2.75, 3.05) is 39.8 Å². The van der Waals surface area contributed by atoms with E-state index >= 15 is 0 Å². The van der Waals surface area contributed by atoms with E-state index in [9.17, 15) is 5.11 Å². The van der Waals surface area contributed by atoms with E-state index in [1.165, 1.54) is 16.5 Å². The molecule has 1 atom stereocenters. The van der Waals surface area contributed by atoms with Crippen LogP contribution in [-0.2, 0) is 11.8 Å². The largest absolute Gasteiger partial charge is 0.392 e. The number of benzene rings is 2. The highest BCUT2D eigenvalue weighted by atomic mass is 16.3. The second-order valence-corrected chi connectivity index (χ2v) is 10.3. The topological polar surface area (TPSA) is 39.6 Å². The van der Waals surface area contributed by atoms with E-state index in [1.54, 1.807) is 0 Å². The van der Waals surface area contributed by atoms with E-state index in [0.717, 1.165) is 62.3 Å². The molecular weight excluding hydrogens is 394 g/mol. The summed E-state index contributed by atoms with van der Waals surface area (Å²) in [7, 11) is 2.16. The van der Waals surface area contributed by atoms with Gasteiger partial charge in [0.2, 0.25) is 0 Å². The van der Waals surface area contributed by atoms with E-state index in [4.69, 9.17) is 4.98 Å². The predicted molar refractivity (Wildman–Crippen MR) is 134 cm³/mol. The van der Waals surface area contributed by atoms with Gasteiger partial charge in [-0.2, -0.15) is 0 Å². The van der Waals surface area contributed by atoms with Crippen LogP contribution in [0.3, 0.4) is 0 Å². The van der Waals surface area contributed by atoms with Crippen LogP contribution in [0.1, 0.15) is 38.3 Å². The number of β-amino-alcohol motifs (C(OH)–C–C–N with tert-alkyl or cyclic N) is 1. The predicted octanol–water partition coefficient (Wildman–Crippen LogP) is 4.74. The molecule has 0 bridgehead atoms. The van der Waals surface area contributed by atoms with Gasteiger partial charge in [-0.25, -0.2) is 4.98 Å². The fourth-order valence-corrected chi connectivity index (χ4v) is 4.47. The number of fused-ring (bicyclic) bond motifs is 1. The smallest absolute Gasteiger partial charge is 0.0741 e. The Bertz CT molecular complexity index is 1030. The summed E-state index contributed by atoms with van der Waals surface area (Å²) in [6.07, 6.45) is 1.25. The number of aliphatic hydroxyl groups is 1. The highest BCUT2D eigenvalue weighted by Gasteiger charge is 2.19. The van der Waals surface area contributed by atoms with Gasteiger partial charge in [-0.1, -0.05) is 57.2 Å². The van der Waals surface area contributed by atoms with Crippen molar-refractivity contribution in [3.05, 3.63) is 65.7 Å². The lowest BCUT2D eigenvalue weighted by Crippen LogP contribution is -2.47. The van der Waals surface area contributed by atoms with Crippen molar-refractivity contribution in [3.8, 4) is 11.3 Å². The van der Waals surface area contributed by atoms with Crippen LogP contribution >= 0.6 is 0 Å². The van der Waals surface area contributed by atoms with Crippen LogP contribution in [0, 0.1) is 0 Å². The van der Waals surface area contributed by atoms with Crippen molar-refractivity contribution in [3.63, 3.8) is 0 Å². The quantitative estimate of drug-likeness (QED) is 0.612. The van der Waals surface area contributed by atoms with Gasteiger partial charge in [0, 0.05) is 43.7 Å². The number of nitrogens with zero attached hydrogens (tertiary/aromatic N) is 3. The lowest BCUT2D eigenvalue weighted by atomic mass is 9.86. The van der Waals surface area contributed by atoms with E-state index in [2.05, 4.69) is 86.1 Å². The monoisotopic (exact) mass is 431 g/mol. The number of likely N-dealkylation sites (N-methyl/N-ethyl adjacent to an activating group) is 1. The maximum atomic E-state index is 10.8. The molecule has 1 aliphatic rings. The lowest BCUT2D eigenvalue weighted by Gasteiger charge is -2.33. The minimum Gasteiger partial charge on any atom is -0.392 e. The van der Waals surface area contributed by atoms with Crippen molar-refractivity contribution < 1.29 is 5.11 Å². The van der Waals surface area contributed by atoms with E-state index in [-0.39, 0.29) is 11.5 Å². The number of aryl methyl sites for hydroxylation is 1. The molecule has 0 amide bonds. The SMILES string of the molecule is CN1CCN(CC(O)CCc2cc3cc(C(C)(C)C)ccc3nc2-c2ccccc2)CC1. The third kappa shape index (κ3) is 5.55. The summed E-state index contributed by atoms with van der Waals surface area (Å²) in [5, 5.41) is 12.0.